The molecule has 1 aromatic carbocycles. The Bertz CT molecular complexity index is 532. The van der Waals surface area contributed by atoms with Gasteiger partial charge in [0, 0.05) is 5.56 Å². The van der Waals surface area contributed by atoms with Gasteiger partial charge in [0.05, 0.1) is 11.6 Å². The van der Waals surface area contributed by atoms with Crippen LogP contribution in [0.15, 0.2) is 15.5 Å². The molecule has 1 aliphatic rings. The third kappa shape index (κ3) is 1.84. The highest BCUT2D eigenvalue weighted by molar-refractivity contribution is 9.10. The molecular formula is C13H14BrNO3. The van der Waals surface area contributed by atoms with E-state index in [4.69, 9.17) is 4.74 Å². The molecule has 0 amide bonds. The average molecular weight is 312 g/mol. The number of aromatic hydroxyl groups is 1. The van der Waals surface area contributed by atoms with Gasteiger partial charge in [-0.2, -0.15) is 4.99 Å². The summed E-state index contributed by atoms with van der Waals surface area (Å²) in [6.45, 7) is 1.89. The number of aryl methyl sites for hydroxylation is 1. The van der Waals surface area contributed by atoms with E-state index in [0.717, 1.165) is 24.8 Å². The minimum Gasteiger partial charge on any atom is -0.504 e. The van der Waals surface area contributed by atoms with Crippen LogP contribution in [0.25, 0.3) is 0 Å². The number of aliphatic imine (C=N–C) groups is 1. The summed E-state index contributed by atoms with van der Waals surface area (Å²) < 4.78 is 5.86. The van der Waals surface area contributed by atoms with Crippen molar-refractivity contribution < 1.29 is 14.6 Å². The van der Waals surface area contributed by atoms with Gasteiger partial charge in [-0.15, -0.1) is 0 Å². The third-order valence-corrected chi connectivity index (χ3v) is 4.11. The Kier molecular flexibility index (Phi) is 3.46. The molecule has 0 aliphatic heterocycles. The molecule has 0 bridgehead atoms. The van der Waals surface area contributed by atoms with Crippen LogP contribution in [-0.4, -0.2) is 18.3 Å². The number of nitrogens with zero attached hydrogens (tertiary/aromatic N) is 1. The van der Waals surface area contributed by atoms with Crippen molar-refractivity contribution in [3.05, 3.63) is 21.7 Å². The molecule has 18 heavy (non-hydrogen) atoms. The fraction of sp³-hybridized carbons (Fsp3) is 0.462. The molecule has 1 aromatic rings. The van der Waals surface area contributed by atoms with Crippen molar-refractivity contribution in [2.75, 3.05) is 7.11 Å². The number of isocyanates is 1. The van der Waals surface area contributed by atoms with E-state index in [0.29, 0.717) is 15.8 Å². The maximum Gasteiger partial charge on any atom is 0.235 e. The molecule has 1 aliphatic carbocycles. The Hall–Kier alpha value is -1.32. The number of phenols is 1. The number of hydrogen-bond acceptors (Lipinski definition) is 4. The first kappa shape index (κ1) is 13.1. The number of carbonyl (C=O) groups excluding carboxylic acids is 1. The van der Waals surface area contributed by atoms with E-state index in [9.17, 15) is 9.90 Å². The third-order valence-electron chi connectivity index (χ3n) is 3.52. The van der Waals surface area contributed by atoms with Gasteiger partial charge in [-0.1, -0.05) is 0 Å². The van der Waals surface area contributed by atoms with Crippen molar-refractivity contribution >= 4 is 22.0 Å². The number of rotatable bonds is 3. The lowest BCUT2D eigenvalue weighted by Crippen LogP contribution is -2.33. The Labute approximate surface area is 114 Å². The molecule has 96 valence electrons. The van der Waals surface area contributed by atoms with Crippen molar-refractivity contribution in [2.45, 2.75) is 31.7 Å². The summed E-state index contributed by atoms with van der Waals surface area (Å²) in [4.78, 5) is 14.5. The van der Waals surface area contributed by atoms with Gasteiger partial charge in [0.1, 0.15) is 5.54 Å². The summed E-state index contributed by atoms with van der Waals surface area (Å²) in [5.74, 6) is 0.436. The molecular weight excluding hydrogens is 298 g/mol. The summed E-state index contributed by atoms with van der Waals surface area (Å²) in [6, 6.07) is 1.87. The van der Waals surface area contributed by atoms with E-state index < -0.39 is 5.54 Å². The van der Waals surface area contributed by atoms with Crippen LogP contribution in [0.5, 0.6) is 11.5 Å². The number of ether oxygens (including phenoxy) is 1. The minimum atomic E-state index is -0.621. The molecule has 1 saturated carbocycles. The molecule has 0 atom stereocenters. The fourth-order valence-electron chi connectivity index (χ4n) is 2.54. The Morgan fingerprint density at radius 1 is 1.56 bits per heavy atom. The zero-order chi connectivity index (χ0) is 13.3. The summed E-state index contributed by atoms with van der Waals surface area (Å²) in [5, 5.41) is 10.3. The topological polar surface area (TPSA) is 58.9 Å². The minimum absolute atomic E-state index is 0.0584. The predicted octanol–water partition coefficient (Wildman–Crippen LogP) is 3.19. The SMILES string of the molecule is COc1c(Br)cc(C)c(C2(N=C=O)CCC2)c1O. The van der Waals surface area contributed by atoms with E-state index >= 15 is 0 Å². The number of methoxy groups -OCH3 is 1. The Balaban J connectivity index is 2.67. The highest BCUT2D eigenvalue weighted by atomic mass is 79.9. The summed E-state index contributed by atoms with van der Waals surface area (Å²) >= 11 is 3.34. The zero-order valence-corrected chi connectivity index (χ0v) is 11.9. The molecule has 1 N–H and O–H groups in total. The summed E-state index contributed by atoms with van der Waals surface area (Å²) in [5.41, 5.74) is 0.945. The maximum absolute atomic E-state index is 10.6. The van der Waals surface area contributed by atoms with E-state index in [1.54, 1.807) is 6.08 Å². The van der Waals surface area contributed by atoms with Crippen LogP contribution in [-0.2, 0) is 10.3 Å². The van der Waals surface area contributed by atoms with Gasteiger partial charge in [0.25, 0.3) is 0 Å². The molecule has 0 spiro atoms. The molecule has 0 radical (unpaired) electrons. The average Bonchev–Trinajstić information content (AvgIpc) is 2.25. The zero-order valence-electron chi connectivity index (χ0n) is 10.3. The van der Waals surface area contributed by atoms with Gasteiger partial charge in [-0.05, 0) is 53.7 Å². The molecule has 0 unspecified atom stereocenters. The standard InChI is InChI=1S/C13H14BrNO3/c1-8-6-9(14)12(18-2)11(17)10(8)13(15-7-16)4-3-5-13/h6,17H,3-5H2,1-2H3. The van der Waals surface area contributed by atoms with Crippen molar-refractivity contribution in [2.24, 2.45) is 4.99 Å². The smallest absolute Gasteiger partial charge is 0.235 e. The molecule has 4 nitrogen and oxygen atoms in total. The highest BCUT2D eigenvalue weighted by Gasteiger charge is 2.43. The maximum atomic E-state index is 10.6. The van der Waals surface area contributed by atoms with Crippen molar-refractivity contribution in [1.29, 1.82) is 0 Å². The van der Waals surface area contributed by atoms with E-state index in [1.807, 2.05) is 13.0 Å². The van der Waals surface area contributed by atoms with Crippen LogP contribution >= 0.6 is 15.9 Å². The van der Waals surface area contributed by atoms with Crippen LogP contribution < -0.4 is 4.74 Å². The first-order valence-electron chi connectivity index (χ1n) is 5.71. The monoisotopic (exact) mass is 311 g/mol. The van der Waals surface area contributed by atoms with Crippen molar-refractivity contribution in [1.82, 2.24) is 0 Å². The number of hydrogen-bond donors (Lipinski definition) is 1. The lowest BCUT2D eigenvalue weighted by atomic mass is 9.70. The second-order valence-electron chi connectivity index (χ2n) is 4.52. The number of benzene rings is 1. The van der Waals surface area contributed by atoms with E-state index in [2.05, 4.69) is 20.9 Å². The molecule has 2 rings (SSSR count). The van der Waals surface area contributed by atoms with Crippen LogP contribution in [0.2, 0.25) is 0 Å². The van der Waals surface area contributed by atoms with Gasteiger partial charge in [-0.3, -0.25) is 0 Å². The number of phenolic OH excluding ortho intramolecular Hbond substituents is 1. The first-order chi connectivity index (χ1) is 8.55. The molecule has 0 saturated heterocycles. The second-order valence-corrected chi connectivity index (χ2v) is 5.37. The van der Waals surface area contributed by atoms with E-state index in [-0.39, 0.29) is 5.75 Å². The van der Waals surface area contributed by atoms with Gasteiger partial charge in [0.15, 0.2) is 11.5 Å². The molecule has 0 heterocycles. The van der Waals surface area contributed by atoms with Gasteiger partial charge in [0.2, 0.25) is 6.08 Å². The summed E-state index contributed by atoms with van der Waals surface area (Å²) in [6.07, 6.45) is 4.12. The predicted molar refractivity (Wildman–Crippen MR) is 70.7 cm³/mol. The second kappa shape index (κ2) is 4.75. The Morgan fingerprint density at radius 3 is 2.67 bits per heavy atom. The van der Waals surface area contributed by atoms with Crippen LogP contribution in [0.1, 0.15) is 30.4 Å². The highest BCUT2D eigenvalue weighted by Crippen LogP contribution is 2.52. The van der Waals surface area contributed by atoms with Crippen molar-refractivity contribution in [3.8, 4) is 11.5 Å². The molecule has 1 fully saturated rings. The first-order valence-corrected chi connectivity index (χ1v) is 6.50. The van der Waals surface area contributed by atoms with Gasteiger partial charge in [-0.25, -0.2) is 4.79 Å². The molecule has 5 heteroatoms. The largest absolute Gasteiger partial charge is 0.504 e. The van der Waals surface area contributed by atoms with E-state index in [1.165, 1.54) is 7.11 Å². The quantitative estimate of drug-likeness (QED) is 0.689. The lowest BCUT2D eigenvalue weighted by Gasteiger charge is -2.38. The van der Waals surface area contributed by atoms with Crippen LogP contribution in [0, 0.1) is 6.92 Å². The normalized spacial score (nSPS) is 16.6. The van der Waals surface area contributed by atoms with Gasteiger partial charge < -0.3 is 9.84 Å². The lowest BCUT2D eigenvalue weighted by molar-refractivity contribution is 0.243. The van der Waals surface area contributed by atoms with Gasteiger partial charge >= 0.3 is 0 Å². The van der Waals surface area contributed by atoms with Crippen LogP contribution in [0.3, 0.4) is 0 Å². The molecule has 0 aromatic heterocycles. The number of halogens is 1. The van der Waals surface area contributed by atoms with Crippen LogP contribution in [0.4, 0.5) is 0 Å². The summed E-state index contributed by atoms with van der Waals surface area (Å²) in [7, 11) is 1.50. The fourth-order valence-corrected chi connectivity index (χ4v) is 3.23. The van der Waals surface area contributed by atoms with Crippen molar-refractivity contribution in [3.63, 3.8) is 0 Å². The Morgan fingerprint density at radius 2 is 2.22 bits per heavy atom.